The van der Waals surface area contributed by atoms with Crippen molar-refractivity contribution in [3.05, 3.63) is 87.9 Å². The van der Waals surface area contributed by atoms with Crippen LogP contribution in [0.1, 0.15) is 18.1 Å². The summed E-state index contributed by atoms with van der Waals surface area (Å²) in [6.45, 7) is 2.88. The molecule has 0 spiro atoms. The lowest BCUT2D eigenvalue weighted by Gasteiger charge is -2.32. The van der Waals surface area contributed by atoms with Crippen molar-refractivity contribution in [1.82, 2.24) is 10.2 Å². The molecule has 0 saturated heterocycles. The van der Waals surface area contributed by atoms with Crippen LogP contribution in [0.2, 0.25) is 10.0 Å². The minimum atomic E-state index is -4.20. The number of carbonyl (C=O) groups excluding carboxylic acids is 2. The van der Waals surface area contributed by atoms with Crippen molar-refractivity contribution in [1.29, 1.82) is 0 Å². The smallest absolute Gasteiger partial charge is 0.264 e. The van der Waals surface area contributed by atoms with E-state index in [0.29, 0.717) is 11.3 Å². The summed E-state index contributed by atoms with van der Waals surface area (Å²) in [5.74, 6) is -0.406. The van der Waals surface area contributed by atoms with Gasteiger partial charge in [0.1, 0.15) is 18.3 Å². The maximum absolute atomic E-state index is 13.8. The van der Waals surface area contributed by atoms with Crippen LogP contribution < -0.4 is 14.4 Å². The number of nitrogens with zero attached hydrogens (tertiary/aromatic N) is 2. The number of likely N-dealkylation sites (N-methyl/N-ethyl adjacent to an activating group) is 1. The number of benzene rings is 3. The molecule has 0 aliphatic rings. The number of rotatable bonds is 10. The summed E-state index contributed by atoms with van der Waals surface area (Å²) in [5, 5.41) is 2.92. The predicted molar refractivity (Wildman–Crippen MR) is 149 cm³/mol. The molecule has 0 fully saturated rings. The average molecular weight is 579 g/mol. The summed E-state index contributed by atoms with van der Waals surface area (Å²) in [5.41, 5.74) is 1.74. The molecule has 2 amide bonds. The molecular formula is C27H29Cl2N3O5S. The van der Waals surface area contributed by atoms with Gasteiger partial charge in [-0.3, -0.25) is 13.9 Å². The van der Waals surface area contributed by atoms with Crippen LogP contribution in [0.5, 0.6) is 5.75 Å². The van der Waals surface area contributed by atoms with E-state index in [4.69, 9.17) is 27.9 Å². The second-order valence-electron chi connectivity index (χ2n) is 8.59. The average Bonchev–Trinajstić information content (AvgIpc) is 2.91. The van der Waals surface area contributed by atoms with Crippen LogP contribution in [0.3, 0.4) is 0 Å². The van der Waals surface area contributed by atoms with Gasteiger partial charge in [0.2, 0.25) is 11.8 Å². The first-order chi connectivity index (χ1) is 18.0. The molecule has 8 nitrogen and oxygen atoms in total. The van der Waals surface area contributed by atoms with E-state index in [1.165, 1.54) is 49.4 Å². The number of anilines is 1. The van der Waals surface area contributed by atoms with Crippen LogP contribution >= 0.6 is 23.2 Å². The fourth-order valence-corrected chi connectivity index (χ4v) is 5.46. The third-order valence-corrected chi connectivity index (χ3v) is 8.51. The molecule has 11 heteroatoms. The Bertz CT molecular complexity index is 1410. The van der Waals surface area contributed by atoms with Gasteiger partial charge in [0.05, 0.1) is 27.7 Å². The number of ether oxygens (including phenoxy) is 1. The zero-order valence-corrected chi connectivity index (χ0v) is 23.8. The molecule has 1 unspecified atom stereocenters. The number of hydrogen-bond acceptors (Lipinski definition) is 5. The molecule has 0 bridgehead atoms. The quantitative estimate of drug-likeness (QED) is 0.378. The summed E-state index contributed by atoms with van der Waals surface area (Å²) >= 11 is 12.3. The molecule has 202 valence electrons. The van der Waals surface area contributed by atoms with E-state index < -0.39 is 34.4 Å². The molecule has 0 radical (unpaired) electrons. The van der Waals surface area contributed by atoms with E-state index in [9.17, 15) is 18.0 Å². The third kappa shape index (κ3) is 6.78. The third-order valence-electron chi connectivity index (χ3n) is 5.98. The van der Waals surface area contributed by atoms with Crippen molar-refractivity contribution in [2.24, 2.45) is 0 Å². The van der Waals surface area contributed by atoms with E-state index in [1.807, 2.05) is 6.92 Å². The fourth-order valence-electron chi connectivity index (χ4n) is 3.77. The van der Waals surface area contributed by atoms with Crippen LogP contribution in [0, 0.1) is 6.92 Å². The highest BCUT2D eigenvalue weighted by molar-refractivity contribution is 7.92. The van der Waals surface area contributed by atoms with Gasteiger partial charge in [-0.25, -0.2) is 8.42 Å². The summed E-state index contributed by atoms with van der Waals surface area (Å²) < 4.78 is 33.8. The van der Waals surface area contributed by atoms with Gasteiger partial charge in [-0.15, -0.1) is 0 Å². The highest BCUT2D eigenvalue weighted by Crippen LogP contribution is 2.31. The fraction of sp³-hybridized carbons (Fsp3) is 0.259. The number of sulfonamides is 1. The van der Waals surface area contributed by atoms with Crippen molar-refractivity contribution >= 4 is 50.7 Å². The summed E-state index contributed by atoms with van der Waals surface area (Å²) in [6.07, 6.45) is 0. The van der Waals surface area contributed by atoms with E-state index in [2.05, 4.69) is 5.32 Å². The van der Waals surface area contributed by atoms with Gasteiger partial charge in [-0.05, 0) is 61.9 Å². The number of methoxy groups -OCH3 is 1. The van der Waals surface area contributed by atoms with E-state index in [-0.39, 0.29) is 27.2 Å². The molecule has 0 aliphatic carbocycles. The van der Waals surface area contributed by atoms with Crippen LogP contribution in [0.15, 0.2) is 71.6 Å². The molecule has 0 aliphatic heterocycles. The molecule has 3 aromatic rings. The highest BCUT2D eigenvalue weighted by atomic mass is 35.5. The Morgan fingerprint density at radius 3 is 2.29 bits per heavy atom. The number of halogens is 2. The number of aryl methyl sites for hydroxylation is 1. The highest BCUT2D eigenvalue weighted by Gasteiger charge is 2.32. The molecular weight excluding hydrogens is 549 g/mol. The van der Waals surface area contributed by atoms with Gasteiger partial charge in [-0.1, -0.05) is 53.0 Å². The lowest BCUT2D eigenvalue weighted by atomic mass is 10.1. The van der Waals surface area contributed by atoms with Crippen LogP contribution in [-0.2, 0) is 26.2 Å². The lowest BCUT2D eigenvalue weighted by Crippen LogP contribution is -2.50. The largest absolute Gasteiger partial charge is 0.497 e. The number of carbonyl (C=O) groups is 2. The van der Waals surface area contributed by atoms with Crippen LogP contribution in [0.4, 0.5) is 5.69 Å². The van der Waals surface area contributed by atoms with Crippen LogP contribution in [-0.4, -0.2) is 51.9 Å². The minimum absolute atomic E-state index is 0.000618. The SMILES string of the molecule is CNC(=O)C(C)N(Cc1cccc(OC)c1)C(=O)CN(c1ccc(Cl)c(Cl)c1)S(=O)(=O)c1ccc(C)cc1. The zero-order chi connectivity index (χ0) is 28.0. The van der Waals surface area contributed by atoms with Gasteiger partial charge in [0.25, 0.3) is 10.0 Å². The Hall–Kier alpha value is -3.27. The number of amides is 2. The molecule has 1 N–H and O–H groups in total. The Kier molecular flexibility index (Phi) is 9.65. The molecule has 3 aromatic carbocycles. The molecule has 0 aromatic heterocycles. The molecule has 0 saturated carbocycles. The molecule has 3 rings (SSSR count). The van der Waals surface area contributed by atoms with E-state index in [1.54, 1.807) is 43.3 Å². The zero-order valence-electron chi connectivity index (χ0n) is 21.4. The van der Waals surface area contributed by atoms with Crippen molar-refractivity contribution < 1.29 is 22.7 Å². The van der Waals surface area contributed by atoms with Gasteiger partial charge in [0, 0.05) is 13.6 Å². The summed E-state index contributed by atoms with van der Waals surface area (Å²) in [4.78, 5) is 27.7. The summed E-state index contributed by atoms with van der Waals surface area (Å²) in [6, 6.07) is 16.8. The number of hydrogen-bond donors (Lipinski definition) is 1. The molecule has 0 heterocycles. The van der Waals surface area contributed by atoms with Gasteiger partial charge in [-0.2, -0.15) is 0 Å². The second kappa shape index (κ2) is 12.5. The van der Waals surface area contributed by atoms with Crippen molar-refractivity contribution in [3.63, 3.8) is 0 Å². The van der Waals surface area contributed by atoms with Gasteiger partial charge >= 0.3 is 0 Å². The Balaban J connectivity index is 2.06. The van der Waals surface area contributed by atoms with Crippen molar-refractivity contribution in [2.45, 2.75) is 31.3 Å². The number of nitrogens with one attached hydrogen (secondary N) is 1. The van der Waals surface area contributed by atoms with Crippen LogP contribution in [0.25, 0.3) is 0 Å². The monoisotopic (exact) mass is 577 g/mol. The maximum atomic E-state index is 13.8. The first-order valence-electron chi connectivity index (χ1n) is 11.7. The maximum Gasteiger partial charge on any atom is 0.264 e. The lowest BCUT2D eigenvalue weighted by molar-refractivity contribution is -0.139. The first-order valence-corrected chi connectivity index (χ1v) is 13.9. The van der Waals surface area contributed by atoms with E-state index in [0.717, 1.165) is 9.87 Å². The normalized spacial score (nSPS) is 11.9. The van der Waals surface area contributed by atoms with Gasteiger partial charge < -0.3 is 15.0 Å². The van der Waals surface area contributed by atoms with Crippen molar-refractivity contribution in [3.8, 4) is 5.75 Å². The van der Waals surface area contributed by atoms with E-state index >= 15 is 0 Å². The standard InChI is InChI=1S/C27H29Cl2N3O5S/c1-18-8-11-23(12-9-18)38(35,36)32(21-10-13-24(28)25(29)15-21)17-26(33)31(19(2)27(34)30-3)16-20-6-5-7-22(14-20)37-4/h5-15,19H,16-17H2,1-4H3,(H,30,34). The first kappa shape index (κ1) is 29.3. The Morgan fingerprint density at radius 1 is 1.00 bits per heavy atom. The molecule has 38 heavy (non-hydrogen) atoms. The predicted octanol–water partition coefficient (Wildman–Crippen LogP) is 4.67. The minimum Gasteiger partial charge on any atom is -0.497 e. The second-order valence-corrected chi connectivity index (χ2v) is 11.3. The molecule has 1 atom stereocenters. The topological polar surface area (TPSA) is 96.0 Å². The van der Waals surface area contributed by atoms with Gasteiger partial charge in [0.15, 0.2) is 0 Å². The Labute approximate surface area is 233 Å². The van der Waals surface area contributed by atoms with Crippen molar-refractivity contribution in [2.75, 3.05) is 25.0 Å². The Morgan fingerprint density at radius 2 is 1.68 bits per heavy atom. The summed E-state index contributed by atoms with van der Waals surface area (Å²) in [7, 11) is -1.20.